The van der Waals surface area contributed by atoms with Gasteiger partial charge in [-0.3, -0.25) is 9.59 Å². The van der Waals surface area contributed by atoms with Crippen molar-refractivity contribution in [2.45, 2.75) is 0 Å². The Bertz CT molecular complexity index is 1500. The molecule has 2 heteroatoms. The molecule has 0 aromatic heterocycles. The highest BCUT2D eigenvalue weighted by Gasteiger charge is 2.08. The molecular weight excluding hydrogens is 440 g/mol. The Morgan fingerprint density at radius 3 is 1.03 bits per heavy atom. The van der Waals surface area contributed by atoms with Crippen LogP contribution in [0.3, 0.4) is 0 Å². The summed E-state index contributed by atoms with van der Waals surface area (Å²) in [6.45, 7) is 0. The zero-order valence-electron chi connectivity index (χ0n) is 19.2. The van der Waals surface area contributed by atoms with Crippen LogP contribution in [0.15, 0.2) is 109 Å². The van der Waals surface area contributed by atoms with E-state index in [9.17, 15) is 9.59 Å². The fraction of sp³-hybridized carbons (Fsp3) is 0. The maximum Gasteiger partial charge on any atom is 0.193 e. The summed E-state index contributed by atoms with van der Waals surface area (Å²) in [7, 11) is 0. The maximum absolute atomic E-state index is 12.4. The average Bonchev–Trinajstić information content (AvgIpc) is 2.95. The molecule has 0 heterocycles. The molecular formula is C34H18O2. The van der Waals surface area contributed by atoms with E-state index in [1.54, 1.807) is 72.8 Å². The molecule has 4 rings (SSSR count). The third kappa shape index (κ3) is 6.50. The second-order valence-electron chi connectivity index (χ2n) is 7.54. The Morgan fingerprint density at radius 1 is 0.361 bits per heavy atom. The van der Waals surface area contributed by atoms with Crippen molar-refractivity contribution in [3.05, 3.63) is 143 Å². The Hall–Kier alpha value is -5.54. The number of rotatable bonds is 4. The normalized spacial score (nSPS) is 9.00. The van der Waals surface area contributed by atoms with E-state index in [0.717, 1.165) is 11.1 Å². The summed E-state index contributed by atoms with van der Waals surface area (Å²) in [5.74, 6) is 21.9. The van der Waals surface area contributed by atoms with Gasteiger partial charge in [-0.1, -0.05) is 72.5 Å². The molecule has 0 N–H and O–H groups in total. The van der Waals surface area contributed by atoms with Crippen molar-refractivity contribution in [1.29, 1.82) is 0 Å². The average molecular weight is 459 g/mol. The van der Waals surface area contributed by atoms with Crippen molar-refractivity contribution in [1.82, 2.24) is 0 Å². The molecule has 0 fully saturated rings. The monoisotopic (exact) mass is 458 g/mol. The van der Waals surface area contributed by atoms with Gasteiger partial charge in [0.05, 0.1) is 0 Å². The van der Waals surface area contributed by atoms with E-state index in [0.29, 0.717) is 22.3 Å². The first-order chi connectivity index (χ1) is 17.7. The molecule has 4 aromatic carbocycles. The van der Waals surface area contributed by atoms with Gasteiger partial charge in [-0.15, -0.1) is 0 Å². The lowest BCUT2D eigenvalue weighted by Crippen LogP contribution is -2.00. The fourth-order valence-electron chi connectivity index (χ4n) is 3.25. The molecule has 0 bridgehead atoms. The van der Waals surface area contributed by atoms with Crippen molar-refractivity contribution in [2.24, 2.45) is 0 Å². The van der Waals surface area contributed by atoms with Crippen LogP contribution in [0.4, 0.5) is 0 Å². The molecule has 0 radical (unpaired) electrons. The summed E-state index contributed by atoms with van der Waals surface area (Å²) in [4.78, 5) is 24.9. The molecule has 0 aliphatic carbocycles. The highest BCUT2D eigenvalue weighted by molar-refractivity contribution is 6.09. The van der Waals surface area contributed by atoms with E-state index >= 15 is 0 Å². The van der Waals surface area contributed by atoms with Crippen LogP contribution >= 0.6 is 0 Å². The highest BCUT2D eigenvalue weighted by atomic mass is 16.1. The quantitative estimate of drug-likeness (QED) is 0.296. The van der Waals surface area contributed by atoms with Crippen LogP contribution in [0.2, 0.25) is 0 Å². The third-order valence-electron chi connectivity index (χ3n) is 5.09. The zero-order valence-corrected chi connectivity index (χ0v) is 19.2. The van der Waals surface area contributed by atoms with Crippen molar-refractivity contribution >= 4 is 11.6 Å². The molecule has 0 unspecified atom stereocenters. The van der Waals surface area contributed by atoms with Gasteiger partial charge in [-0.05, 0) is 84.1 Å². The standard InChI is InChI=1S/C34H18O2/c35-33(29-15-9-5-10-16-29)31-23-19-27(20-24-31)13-7-3-1-2-4-8-14-28-21-25-32(26-22-28)34(36)30-17-11-6-12-18-30/h5-6,9-12,15-26H. The van der Waals surface area contributed by atoms with Crippen molar-refractivity contribution < 1.29 is 9.59 Å². The highest BCUT2D eigenvalue weighted by Crippen LogP contribution is 2.11. The molecule has 0 atom stereocenters. The molecule has 0 aliphatic rings. The van der Waals surface area contributed by atoms with Crippen molar-refractivity contribution in [3.8, 4) is 47.4 Å². The summed E-state index contributed by atoms with van der Waals surface area (Å²) in [6.07, 6.45) is 0. The first-order valence-electron chi connectivity index (χ1n) is 11.1. The van der Waals surface area contributed by atoms with E-state index in [1.807, 2.05) is 36.4 Å². The smallest absolute Gasteiger partial charge is 0.193 e. The topological polar surface area (TPSA) is 34.1 Å². The molecule has 166 valence electrons. The lowest BCUT2D eigenvalue weighted by Gasteiger charge is -2.00. The number of hydrogen-bond acceptors (Lipinski definition) is 2. The zero-order chi connectivity index (χ0) is 25.0. The second kappa shape index (κ2) is 12.1. The third-order valence-corrected chi connectivity index (χ3v) is 5.09. The Labute approximate surface area is 211 Å². The van der Waals surface area contributed by atoms with E-state index in [2.05, 4.69) is 47.4 Å². The second-order valence-corrected chi connectivity index (χ2v) is 7.54. The van der Waals surface area contributed by atoms with Crippen LogP contribution < -0.4 is 0 Å². The number of ketones is 2. The van der Waals surface area contributed by atoms with Crippen LogP contribution in [0, 0.1) is 47.4 Å². The summed E-state index contributed by atoms with van der Waals surface area (Å²) in [6, 6.07) is 32.5. The van der Waals surface area contributed by atoms with Gasteiger partial charge >= 0.3 is 0 Å². The van der Waals surface area contributed by atoms with E-state index in [1.165, 1.54) is 0 Å². The van der Waals surface area contributed by atoms with Gasteiger partial charge in [-0.25, -0.2) is 0 Å². The number of carbonyl (C=O) groups is 2. The lowest BCUT2D eigenvalue weighted by atomic mass is 10.0. The molecule has 0 aliphatic heterocycles. The Balaban J connectivity index is 1.31. The maximum atomic E-state index is 12.4. The summed E-state index contributed by atoms with van der Waals surface area (Å²) in [5, 5.41) is 0. The SMILES string of the molecule is O=C(c1ccccc1)c1ccc(C#CC#CC#CC#Cc2ccc(C(=O)c3ccccc3)cc2)cc1. The Morgan fingerprint density at radius 2 is 0.667 bits per heavy atom. The predicted molar refractivity (Wildman–Crippen MR) is 142 cm³/mol. The first kappa shape index (κ1) is 23.6. The predicted octanol–water partition coefficient (Wildman–Crippen LogP) is 5.56. The molecule has 0 saturated heterocycles. The Kier molecular flexibility index (Phi) is 7.92. The van der Waals surface area contributed by atoms with Crippen LogP contribution in [-0.2, 0) is 0 Å². The van der Waals surface area contributed by atoms with Gasteiger partial charge in [0.15, 0.2) is 11.6 Å². The first-order valence-corrected chi connectivity index (χ1v) is 11.1. The van der Waals surface area contributed by atoms with Crippen LogP contribution in [0.1, 0.15) is 43.0 Å². The summed E-state index contributed by atoms with van der Waals surface area (Å²) >= 11 is 0. The van der Waals surface area contributed by atoms with Gasteiger partial charge in [0, 0.05) is 33.4 Å². The van der Waals surface area contributed by atoms with Gasteiger partial charge < -0.3 is 0 Å². The minimum absolute atomic E-state index is 0.0251. The minimum atomic E-state index is -0.0251. The van der Waals surface area contributed by atoms with Gasteiger partial charge in [-0.2, -0.15) is 0 Å². The van der Waals surface area contributed by atoms with Crippen LogP contribution in [0.25, 0.3) is 0 Å². The number of benzene rings is 4. The van der Waals surface area contributed by atoms with Gasteiger partial charge in [0.2, 0.25) is 0 Å². The number of hydrogen-bond donors (Lipinski definition) is 0. The van der Waals surface area contributed by atoms with E-state index < -0.39 is 0 Å². The largest absolute Gasteiger partial charge is 0.289 e. The number of carbonyl (C=O) groups excluding carboxylic acids is 2. The minimum Gasteiger partial charge on any atom is -0.289 e. The molecule has 36 heavy (non-hydrogen) atoms. The van der Waals surface area contributed by atoms with Gasteiger partial charge in [0.25, 0.3) is 0 Å². The molecule has 0 spiro atoms. The van der Waals surface area contributed by atoms with Crippen molar-refractivity contribution in [3.63, 3.8) is 0 Å². The van der Waals surface area contributed by atoms with Crippen LogP contribution in [-0.4, -0.2) is 11.6 Å². The summed E-state index contributed by atoms with van der Waals surface area (Å²) in [5.41, 5.74) is 4.05. The lowest BCUT2D eigenvalue weighted by molar-refractivity contribution is 0.103. The molecule has 2 nitrogen and oxygen atoms in total. The van der Waals surface area contributed by atoms with E-state index in [-0.39, 0.29) is 11.6 Å². The summed E-state index contributed by atoms with van der Waals surface area (Å²) < 4.78 is 0. The van der Waals surface area contributed by atoms with Crippen molar-refractivity contribution in [2.75, 3.05) is 0 Å². The van der Waals surface area contributed by atoms with E-state index in [4.69, 9.17) is 0 Å². The molecule has 0 amide bonds. The van der Waals surface area contributed by atoms with Gasteiger partial charge in [0.1, 0.15) is 0 Å². The van der Waals surface area contributed by atoms with Crippen LogP contribution in [0.5, 0.6) is 0 Å². The fourth-order valence-corrected chi connectivity index (χ4v) is 3.25. The molecule has 0 saturated carbocycles. The molecule has 4 aromatic rings.